The Labute approximate surface area is 93.4 Å². The van der Waals surface area contributed by atoms with Crippen LogP contribution in [0.4, 0.5) is 0 Å². The van der Waals surface area contributed by atoms with Crippen molar-refractivity contribution in [2.24, 2.45) is 0 Å². The van der Waals surface area contributed by atoms with Gasteiger partial charge in [-0.2, -0.15) is 10.4 Å². The van der Waals surface area contributed by atoms with Crippen LogP contribution in [0, 0.1) is 10.7 Å². The van der Waals surface area contributed by atoms with Crippen LogP contribution in [0.2, 0.25) is 10.3 Å². The van der Waals surface area contributed by atoms with Crippen LogP contribution in [-0.4, -0.2) is 14.6 Å². The average molecular weight is 245 g/mol. The first-order chi connectivity index (χ1) is 6.72. The number of nitrogens with zero attached hydrogens (tertiary/aromatic N) is 4. The van der Waals surface area contributed by atoms with Gasteiger partial charge in [0, 0.05) is 6.07 Å². The molecule has 0 aliphatic heterocycles. The molecule has 0 aromatic carbocycles. The minimum absolute atomic E-state index is 0.280. The number of fused-ring (bicyclic) bond motifs is 1. The second-order valence-corrected chi connectivity index (χ2v) is 3.94. The molecule has 0 N–H and O–H groups in total. The Kier molecular flexibility index (Phi) is 2.50. The topological polar surface area (TPSA) is 54.0 Å². The van der Waals surface area contributed by atoms with E-state index in [2.05, 4.69) is 10.1 Å². The molecule has 2 rings (SSSR count). The summed E-state index contributed by atoms with van der Waals surface area (Å²) in [4.78, 5) is 4.66. The second kappa shape index (κ2) is 3.65. The lowest BCUT2D eigenvalue weighted by Gasteiger charge is -1.97. The fraction of sp³-hybridized carbons (Fsp3) is 0. The normalized spacial score (nSPS) is 10.4. The fourth-order valence-electron chi connectivity index (χ4n) is 1.000. The Morgan fingerprint density at radius 3 is 3.00 bits per heavy atom. The van der Waals surface area contributed by atoms with Gasteiger partial charge >= 0.3 is 0 Å². The summed E-state index contributed by atoms with van der Waals surface area (Å²) < 4.78 is 1.42. The van der Waals surface area contributed by atoms with Crippen LogP contribution in [0.15, 0.2) is 17.2 Å². The van der Waals surface area contributed by atoms with E-state index in [9.17, 15) is 0 Å². The van der Waals surface area contributed by atoms with Gasteiger partial charge in [0.25, 0.3) is 0 Å². The van der Waals surface area contributed by atoms with Gasteiger partial charge in [-0.3, -0.25) is 0 Å². The van der Waals surface area contributed by atoms with Crippen LogP contribution in [0.25, 0.3) is 5.65 Å². The van der Waals surface area contributed by atoms with Crippen molar-refractivity contribution in [3.05, 3.63) is 22.6 Å². The van der Waals surface area contributed by atoms with E-state index in [0.717, 1.165) is 11.8 Å². The molecular formula is C7H2Cl2N4S. The first kappa shape index (κ1) is 9.59. The molecule has 2 aromatic rings. The quantitative estimate of drug-likeness (QED) is 0.440. The van der Waals surface area contributed by atoms with Crippen LogP contribution in [0.1, 0.15) is 0 Å². The highest BCUT2D eigenvalue weighted by atomic mass is 35.5. The maximum absolute atomic E-state index is 8.52. The first-order valence-electron chi connectivity index (χ1n) is 3.48. The van der Waals surface area contributed by atoms with Crippen molar-refractivity contribution >= 4 is 40.6 Å². The molecule has 0 saturated heterocycles. The Hall–Kier alpha value is -0.960. The zero-order chi connectivity index (χ0) is 10.1. The number of hydrogen-bond acceptors (Lipinski definition) is 4. The van der Waals surface area contributed by atoms with Gasteiger partial charge in [0.05, 0.1) is 11.1 Å². The molecule has 0 aliphatic carbocycles. The first-order valence-corrected chi connectivity index (χ1v) is 5.05. The van der Waals surface area contributed by atoms with Gasteiger partial charge in [0.15, 0.2) is 5.65 Å². The number of thioether (sulfide) groups is 1. The number of aromatic nitrogens is 3. The van der Waals surface area contributed by atoms with Crippen molar-refractivity contribution in [1.29, 1.82) is 5.26 Å². The van der Waals surface area contributed by atoms with Gasteiger partial charge in [-0.05, 0) is 11.8 Å². The molecule has 0 aliphatic rings. The van der Waals surface area contributed by atoms with E-state index < -0.39 is 0 Å². The number of halogens is 2. The lowest BCUT2D eigenvalue weighted by Crippen LogP contribution is -1.91. The summed E-state index contributed by atoms with van der Waals surface area (Å²) in [6.07, 6.45) is 1.53. The SMILES string of the molecule is N#CSc1cnn2c(Cl)cc(Cl)nc12. The molecule has 0 fully saturated rings. The minimum atomic E-state index is 0.280. The van der Waals surface area contributed by atoms with Crippen molar-refractivity contribution in [2.45, 2.75) is 4.90 Å². The van der Waals surface area contributed by atoms with E-state index in [1.54, 1.807) is 0 Å². The molecule has 2 aromatic heterocycles. The molecule has 0 saturated carbocycles. The third kappa shape index (κ3) is 1.52. The van der Waals surface area contributed by atoms with Crippen LogP contribution in [0.5, 0.6) is 0 Å². The fourth-order valence-corrected chi connectivity index (χ4v) is 1.89. The molecule has 0 amide bonds. The monoisotopic (exact) mass is 244 g/mol. The Bertz CT molecular complexity index is 530. The van der Waals surface area contributed by atoms with Gasteiger partial charge in [0.1, 0.15) is 15.7 Å². The Morgan fingerprint density at radius 2 is 2.29 bits per heavy atom. The van der Waals surface area contributed by atoms with Gasteiger partial charge in [-0.15, -0.1) is 0 Å². The van der Waals surface area contributed by atoms with Crippen LogP contribution in [-0.2, 0) is 0 Å². The van der Waals surface area contributed by atoms with Gasteiger partial charge < -0.3 is 0 Å². The molecule has 14 heavy (non-hydrogen) atoms. The highest BCUT2D eigenvalue weighted by molar-refractivity contribution is 8.03. The van der Waals surface area contributed by atoms with Gasteiger partial charge in [-0.25, -0.2) is 9.50 Å². The summed E-state index contributed by atoms with van der Waals surface area (Å²) in [5, 5.41) is 15.1. The molecule has 0 bridgehead atoms. The van der Waals surface area contributed by atoms with Crippen molar-refractivity contribution in [3.8, 4) is 5.40 Å². The third-order valence-corrected chi connectivity index (χ3v) is 2.58. The molecule has 0 radical (unpaired) electrons. The molecule has 7 heteroatoms. The van der Waals surface area contributed by atoms with E-state index in [1.165, 1.54) is 16.8 Å². The van der Waals surface area contributed by atoms with E-state index in [-0.39, 0.29) is 5.15 Å². The van der Waals surface area contributed by atoms with Crippen LogP contribution >= 0.6 is 35.0 Å². The maximum atomic E-state index is 8.52. The summed E-state index contributed by atoms with van der Waals surface area (Å²) in [5.74, 6) is 0. The van der Waals surface area contributed by atoms with E-state index in [0.29, 0.717) is 15.7 Å². The summed E-state index contributed by atoms with van der Waals surface area (Å²) in [6, 6.07) is 1.49. The summed E-state index contributed by atoms with van der Waals surface area (Å²) in [6.45, 7) is 0. The van der Waals surface area contributed by atoms with Crippen LogP contribution < -0.4 is 0 Å². The largest absolute Gasteiger partial charge is 0.215 e. The lowest BCUT2D eigenvalue weighted by atomic mass is 10.6. The molecule has 0 atom stereocenters. The van der Waals surface area contributed by atoms with Crippen molar-refractivity contribution in [2.75, 3.05) is 0 Å². The van der Waals surface area contributed by atoms with E-state index >= 15 is 0 Å². The smallest absolute Gasteiger partial charge is 0.173 e. The van der Waals surface area contributed by atoms with Crippen LogP contribution in [0.3, 0.4) is 0 Å². The zero-order valence-electron chi connectivity index (χ0n) is 6.61. The standard InChI is InChI=1S/C7H2Cl2N4S/c8-5-1-6(9)13-7(12-5)4(2-11-13)14-3-10/h1-2H. The number of nitriles is 1. The molecule has 0 spiro atoms. The zero-order valence-corrected chi connectivity index (χ0v) is 8.94. The van der Waals surface area contributed by atoms with E-state index in [1.807, 2.05) is 5.40 Å². The third-order valence-electron chi connectivity index (χ3n) is 1.52. The lowest BCUT2D eigenvalue weighted by molar-refractivity contribution is 0.940. The predicted octanol–water partition coefficient (Wildman–Crippen LogP) is 2.61. The summed E-state index contributed by atoms with van der Waals surface area (Å²) >= 11 is 12.6. The highest BCUT2D eigenvalue weighted by Gasteiger charge is 2.09. The number of hydrogen-bond donors (Lipinski definition) is 0. The molecular weight excluding hydrogens is 243 g/mol. The Morgan fingerprint density at radius 1 is 1.50 bits per heavy atom. The van der Waals surface area contributed by atoms with Crippen molar-refractivity contribution in [1.82, 2.24) is 14.6 Å². The number of thiocyanates is 1. The van der Waals surface area contributed by atoms with Gasteiger partial charge in [0.2, 0.25) is 0 Å². The maximum Gasteiger partial charge on any atom is 0.173 e. The van der Waals surface area contributed by atoms with Gasteiger partial charge in [-0.1, -0.05) is 23.2 Å². The molecule has 4 nitrogen and oxygen atoms in total. The predicted molar refractivity (Wildman–Crippen MR) is 54.5 cm³/mol. The van der Waals surface area contributed by atoms with Crippen molar-refractivity contribution < 1.29 is 0 Å². The average Bonchev–Trinajstić information content (AvgIpc) is 2.49. The van der Waals surface area contributed by atoms with E-state index in [4.69, 9.17) is 28.5 Å². The Balaban J connectivity index is 2.73. The van der Waals surface area contributed by atoms with Crippen molar-refractivity contribution in [3.63, 3.8) is 0 Å². The molecule has 0 unspecified atom stereocenters. The second-order valence-electron chi connectivity index (χ2n) is 2.34. The number of rotatable bonds is 1. The summed E-state index contributed by atoms with van der Waals surface area (Å²) in [7, 11) is 0. The highest BCUT2D eigenvalue weighted by Crippen LogP contribution is 2.25. The minimum Gasteiger partial charge on any atom is -0.215 e. The summed E-state index contributed by atoms with van der Waals surface area (Å²) in [5.41, 5.74) is 0.494. The molecule has 2 heterocycles. The molecule has 70 valence electrons.